The molecule has 1 aliphatic heterocycles. The molecule has 0 aromatic carbocycles. The SMILES string of the molecule is CC(=O)N(Cc1ccsc1)C1CC12CCN(c1nccn3nc(C)cc13)CC2. The van der Waals surface area contributed by atoms with Crippen molar-refractivity contribution in [3.05, 3.63) is 46.5 Å². The number of anilines is 1. The molecule has 28 heavy (non-hydrogen) atoms. The van der Waals surface area contributed by atoms with Crippen LogP contribution in [-0.4, -0.2) is 44.5 Å². The number of carbonyl (C=O) groups is 1. The molecule has 3 aromatic rings. The van der Waals surface area contributed by atoms with Crippen molar-refractivity contribution in [2.45, 2.75) is 45.7 Å². The van der Waals surface area contributed by atoms with Crippen LogP contribution in [0.4, 0.5) is 5.82 Å². The first kappa shape index (κ1) is 17.7. The first-order valence-electron chi connectivity index (χ1n) is 9.90. The summed E-state index contributed by atoms with van der Waals surface area (Å²) in [6.07, 6.45) is 7.09. The van der Waals surface area contributed by atoms with E-state index in [1.807, 2.05) is 23.8 Å². The number of hydrogen-bond donors (Lipinski definition) is 0. The summed E-state index contributed by atoms with van der Waals surface area (Å²) >= 11 is 1.69. The van der Waals surface area contributed by atoms with Crippen LogP contribution in [0.2, 0.25) is 0 Å². The fourth-order valence-corrected chi connectivity index (χ4v) is 5.42. The third-order valence-corrected chi connectivity index (χ3v) is 7.14. The zero-order chi connectivity index (χ0) is 19.3. The van der Waals surface area contributed by atoms with Crippen molar-refractivity contribution in [3.8, 4) is 0 Å². The number of thiophene rings is 1. The second kappa shape index (κ2) is 6.58. The minimum Gasteiger partial charge on any atom is -0.355 e. The molecule has 1 spiro atoms. The van der Waals surface area contributed by atoms with E-state index in [4.69, 9.17) is 0 Å². The van der Waals surface area contributed by atoms with Gasteiger partial charge in [0.05, 0.1) is 5.69 Å². The molecule has 1 saturated carbocycles. The molecule has 4 heterocycles. The molecule has 0 radical (unpaired) electrons. The first-order valence-corrected chi connectivity index (χ1v) is 10.8. The van der Waals surface area contributed by atoms with Gasteiger partial charge in [-0.1, -0.05) is 0 Å². The van der Waals surface area contributed by atoms with E-state index in [2.05, 4.69) is 42.8 Å². The Bertz CT molecular complexity index is 1000. The molecule has 1 amide bonds. The Kier molecular flexibility index (Phi) is 4.16. The second-order valence-corrected chi connectivity index (χ2v) is 8.99. The summed E-state index contributed by atoms with van der Waals surface area (Å²) in [5.74, 6) is 1.22. The van der Waals surface area contributed by atoms with E-state index in [1.165, 1.54) is 5.56 Å². The van der Waals surface area contributed by atoms with Crippen molar-refractivity contribution in [1.82, 2.24) is 19.5 Å². The molecule has 146 valence electrons. The molecule has 2 aliphatic rings. The highest BCUT2D eigenvalue weighted by molar-refractivity contribution is 7.07. The van der Waals surface area contributed by atoms with Gasteiger partial charge in [-0.3, -0.25) is 4.79 Å². The number of rotatable bonds is 4. The lowest BCUT2D eigenvalue weighted by atomic mass is 9.92. The predicted molar refractivity (Wildman–Crippen MR) is 111 cm³/mol. The van der Waals surface area contributed by atoms with Crippen molar-refractivity contribution < 1.29 is 4.79 Å². The molecule has 1 saturated heterocycles. The van der Waals surface area contributed by atoms with E-state index in [0.29, 0.717) is 11.5 Å². The molecule has 0 bridgehead atoms. The number of carbonyl (C=O) groups excluding carboxylic acids is 1. The van der Waals surface area contributed by atoms with Crippen molar-refractivity contribution in [3.63, 3.8) is 0 Å². The maximum absolute atomic E-state index is 12.3. The Morgan fingerprint density at radius 3 is 2.93 bits per heavy atom. The highest BCUT2D eigenvalue weighted by Crippen LogP contribution is 2.57. The van der Waals surface area contributed by atoms with Crippen LogP contribution in [0.3, 0.4) is 0 Å². The standard InChI is InChI=1S/C21H25N5OS/c1-15-11-18-20(22-6-9-26(18)23-15)24-7-4-21(5-8-24)12-19(21)25(16(2)27)13-17-3-10-28-14-17/h3,6,9-11,14,19H,4-5,7-8,12-13H2,1-2H3. The largest absolute Gasteiger partial charge is 0.355 e. The van der Waals surface area contributed by atoms with Gasteiger partial charge in [-0.05, 0) is 60.1 Å². The number of fused-ring (bicyclic) bond motifs is 1. The topological polar surface area (TPSA) is 53.7 Å². The molecule has 2 fully saturated rings. The lowest BCUT2D eigenvalue weighted by molar-refractivity contribution is -0.130. The van der Waals surface area contributed by atoms with Gasteiger partial charge < -0.3 is 9.80 Å². The fourth-order valence-electron chi connectivity index (χ4n) is 4.76. The van der Waals surface area contributed by atoms with Crippen molar-refractivity contribution in [1.29, 1.82) is 0 Å². The Morgan fingerprint density at radius 2 is 2.21 bits per heavy atom. The highest BCUT2D eigenvalue weighted by Gasteiger charge is 2.58. The summed E-state index contributed by atoms with van der Waals surface area (Å²) in [6.45, 7) is 6.43. The molecule has 0 N–H and O–H groups in total. The average molecular weight is 396 g/mol. The summed E-state index contributed by atoms with van der Waals surface area (Å²) in [5.41, 5.74) is 3.62. The summed E-state index contributed by atoms with van der Waals surface area (Å²) in [4.78, 5) is 21.4. The van der Waals surface area contributed by atoms with E-state index in [-0.39, 0.29) is 5.91 Å². The van der Waals surface area contributed by atoms with E-state index in [1.54, 1.807) is 18.3 Å². The molecular weight excluding hydrogens is 370 g/mol. The van der Waals surface area contributed by atoms with Gasteiger partial charge in [0.1, 0.15) is 5.52 Å². The Morgan fingerprint density at radius 1 is 1.39 bits per heavy atom. The number of hydrogen-bond acceptors (Lipinski definition) is 5. The Hall–Kier alpha value is -2.41. The fraction of sp³-hybridized carbons (Fsp3) is 0.476. The molecule has 5 rings (SSSR count). The Balaban J connectivity index is 1.30. The molecule has 1 unspecified atom stereocenters. The van der Waals surface area contributed by atoms with Crippen LogP contribution in [0.5, 0.6) is 0 Å². The van der Waals surface area contributed by atoms with Crippen LogP contribution < -0.4 is 4.90 Å². The second-order valence-electron chi connectivity index (χ2n) is 8.21. The van der Waals surface area contributed by atoms with Gasteiger partial charge in [0, 0.05) is 45.0 Å². The van der Waals surface area contributed by atoms with E-state index < -0.39 is 0 Å². The van der Waals surface area contributed by atoms with Crippen LogP contribution in [0.15, 0.2) is 35.3 Å². The lowest BCUT2D eigenvalue weighted by Crippen LogP contribution is -2.40. The normalized spacial score (nSPS) is 20.6. The van der Waals surface area contributed by atoms with E-state index in [9.17, 15) is 4.79 Å². The van der Waals surface area contributed by atoms with Crippen LogP contribution in [0.25, 0.3) is 5.52 Å². The average Bonchev–Trinajstić information content (AvgIpc) is 3.02. The Labute approximate surface area is 168 Å². The molecule has 1 atom stereocenters. The number of aromatic nitrogens is 3. The predicted octanol–water partition coefficient (Wildman–Crippen LogP) is 3.51. The van der Waals surface area contributed by atoms with Gasteiger partial charge in [-0.2, -0.15) is 16.4 Å². The number of piperidine rings is 1. The monoisotopic (exact) mass is 395 g/mol. The van der Waals surface area contributed by atoms with Crippen molar-refractivity contribution >= 4 is 28.6 Å². The lowest BCUT2D eigenvalue weighted by Gasteiger charge is -2.35. The summed E-state index contributed by atoms with van der Waals surface area (Å²) < 4.78 is 1.92. The highest BCUT2D eigenvalue weighted by atomic mass is 32.1. The summed E-state index contributed by atoms with van der Waals surface area (Å²) in [6, 6.07) is 4.61. The van der Waals surface area contributed by atoms with Gasteiger partial charge in [-0.25, -0.2) is 9.50 Å². The van der Waals surface area contributed by atoms with Gasteiger partial charge >= 0.3 is 0 Å². The smallest absolute Gasteiger partial charge is 0.220 e. The van der Waals surface area contributed by atoms with Gasteiger partial charge in [0.15, 0.2) is 5.82 Å². The molecule has 6 nitrogen and oxygen atoms in total. The van der Waals surface area contributed by atoms with Crippen LogP contribution in [0, 0.1) is 12.3 Å². The third kappa shape index (κ3) is 2.98. The van der Waals surface area contributed by atoms with E-state index in [0.717, 1.165) is 55.9 Å². The van der Waals surface area contributed by atoms with Gasteiger partial charge in [0.25, 0.3) is 0 Å². The molecule has 1 aliphatic carbocycles. The zero-order valence-corrected chi connectivity index (χ0v) is 17.2. The third-order valence-electron chi connectivity index (χ3n) is 6.41. The minimum absolute atomic E-state index is 0.191. The van der Waals surface area contributed by atoms with Gasteiger partial charge in [0.2, 0.25) is 5.91 Å². The number of aryl methyl sites for hydroxylation is 1. The quantitative estimate of drug-likeness (QED) is 0.678. The zero-order valence-electron chi connectivity index (χ0n) is 16.3. The number of nitrogens with zero attached hydrogens (tertiary/aromatic N) is 5. The maximum atomic E-state index is 12.3. The van der Waals surface area contributed by atoms with Crippen LogP contribution in [0.1, 0.15) is 37.4 Å². The summed E-state index contributed by atoms with van der Waals surface area (Å²) in [7, 11) is 0. The minimum atomic E-state index is 0.191. The van der Waals surface area contributed by atoms with Gasteiger partial charge in [-0.15, -0.1) is 0 Å². The van der Waals surface area contributed by atoms with Crippen molar-refractivity contribution in [2.75, 3.05) is 18.0 Å². The van der Waals surface area contributed by atoms with Crippen LogP contribution >= 0.6 is 11.3 Å². The first-order chi connectivity index (χ1) is 13.6. The molecule has 7 heteroatoms. The van der Waals surface area contributed by atoms with E-state index >= 15 is 0 Å². The molecule has 3 aromatic heterocycles. The maximum Gasteiger partial charge on any atom is 0.220 e. The number of amides is 1. The van der Waals surface area contributed by atoms with Crippen LogP contribution in [-0.2, 0) is 11.3 Å². The summed E-state index contributed by atoms with van der Waals surface area (Å²) in [5, 5.41) is 8.74. The van der Waals surface area contributed by atoms with Crippen molar-refractivity contribution in [2.24, 2.45) is 5.41 Å². The molecular formula is C21H25N5OS.